The Labute approximate surface area is 117 Å². The fraction of sp³-hybridized carbons (Fsp3) is 0.333. The number of H-pyrrole nitrogens is 2. The second-order valence-corrected chi connectivity index (χ2v) is 5.79. The van der Waals surface area contributed by atoms with Crippen molar-refractivity contribution in [2.45, 2.75) is 32.7 Å². The number of carbonyl (C=O) groups is 1. The summed E-state index contributed by atoms with van der Waals surface area (Å²) in [5, 5.41) is 7.87. The van der Waals surface area contributed by atoms with Crippen LogP contribution in [0.3, 0.4) is 0 Å². The monoisotopic (exact) mass is 273 g/mol. The number of hydrogen-bond acceptors (Lipinski definition) is 2. The third kappa shape index (κ3) is 3.38. The highest BCUT2D eigenvalue weighted by Gasteiger charge is 2.14. The summed E-state index contributed by atoms with van der Waals surface area (Å²) in [6.07, 6.45) is 0. The molecule has 0 atom stereocenters. The molecule has 0 radical (unpaired) electrons. The predicted molar refractivity (Wildman–Crippen MR) is 77.7 cm³/mol. The molecule has 0 bridgehead atoms. The average Bonchev–Trinajstić information content (AvgIpc) is 2.81. The first-order valence-electron chi connectivity index (χ1n) is 6.51. The van der Waals surface area contributed by atoms with E-state index >= 15 is 0 Å². The Kier molecular flexibility index (Phi) is 3.79. The molecule has 20 heavy (non-hydrogen) atoms. The van der Waals surface area contributed by atoms with Crippen molar-refractivity contribution in [1.82, 2.24) is 15.5 Å². The lowest BCUT2D eigenvalue weighted by molar-refractivity contribution is 0.0950. The van der Waals surface area contributed by atoms with E-state index in [1.165, 1.54) is 11.6 Å². The Morgan fingerprint density at radius 1 is 1.15 bits per heavy atom. The van der Waals surface area contributed by atoms with Crippen LogP contribution in [-0.2, 0) is 12.0 Å². The molecule has 5 nitrogen and oxygen atoms in total. The average molecular weight is 273 g/mol. The summed E-state index contributed by atoms with van der Waals surface area (Å²) >= 11 is 0. The molecule has 0 aliphatic carbocycles. The van der Waals surface area contributed by atoms with E-state index in [0.717, 1.165) is 0 Å². The lowest BCUT2D eigenvalue weighted by Gasteiger charge is -2.19. The van der Waals surface area contributed by atoms with E-state index in [0.29, 0.717) is 17.8 Å². The second-order valence-electron chi connectivity index (χ2n) is 5.79. The van der Waals surface area contributed by atoms with Crippen molar-refractivity contribution in [3.63, 3.8) is 0 Å². The van der Waals surface area contributed by atoms with Crippen LogP contribution in [0.5, 0.6) is 0 Å². The molecule has 0 spiro atoms. The SMILES string of the molecule is CC(C)(C)c1ccc(C(=O)NCc2cc(=O)[nH][nH]2)cc1. The Balaban J connectivity index is 2.01. The number of amides is 1. The number of aromatic amines is 2. The summed E-state index contributed by atoms with van der Waals surface area (Å²) in [5.74, 6) is -0.160. The Hall–Kier alpha value is -2.30. The van der Waals surface area contributed by atoms with Gasteiger partial charge in [-0.2, -0.15) is 0 Å². The smallest absolute Gasteiger partial charge is 0.264 e. The highest BCUT2D eigenvalue weighted by atomic mass is 16.1. The minimum atomic E-state index is -0.205. The fourth-order valence-corrected chi connectivity index (χ4v) is 1.87. The van der Waals surface area contributed by atoms with Gasteiger partial charge in [-0.3, -0.25) is 14.7 Å². The summed E-state index contributed by atoms with van der Waals surface area (Å²) in [6.45, 7) is 6.68. The van der Waals surface area contributed by atoms with Gasteiger partial charge >= 0.3 is 0 Å². The van der Waals surface area contributed by atoms with Crippen LogP contribution in [0, 0.1) is 0 Å². The topological polar surface area (TPSA) is 77.8 Å². The molecule has 5 heteroatoms. The highest BCUT2D eigenvalue weighted by Crippen LogP contribution is 2.22. The quantitative estimate of drug-likeness (QED) is 0.799. The molecule has 0 saturated carbocycles. The van der Waals surface area contributed by atoms with Crippen LogP contribution in [0.1, 0.15) is 42.4 Å². The van der Waals surface area contributed by atoms with Gasteiger partial charge in [-0.25, -0.2) is 0 Å². The zero-order valence-corrected chi connectivity index (χ0v) is 11.9. The van der Waals surface area contributed by atoms with Crippen molar-refractivity contribution >= 4 is 5.91 Å². The van der Waals surface area contributed by atoms with Crippen LogP contribution in [0.2, 0.25) is 0 Å². The maximum Gasteiger partial charge on any atom is 0.264 e. The van der Waals surface area contributed by atoms with Gasteiger partial charge < -0.3 is 10.4 Å². The summed E-state index contributed by atoms with van der Waals surface area (Å²) in [4.78, 5) is 22.9. The van der Waals surface area contributed by atoms with Gasteiger partial charge in [0.25, 0.3) is 11.5 Å². The molecule has 0 saturated heterocycles. The zero-order chi connectivity index (χ0) is 14.8. The molecule has 1 aromatic carbocycles. The molecular formula is C15H19N3O2. The van der Waals surface area contributed by atoms with Crippen molar-refractivity contribution in [3.05, 3.63) is 57.5 Å². The maximum absolute atomic E-state index is 12.0. The number of nitrogens with one attached hydrogen (secondary N) is 3. The lowest BCUT2D eigenvalue weighted by Crippen LogP contribution is -2.23. The van der Waals surface area contributed by atoms with Crippen molar-refractivity contribution < 1.29 is 4.79 Å². The molecule has 3 N–H and O–H groups in total. The van der Waals surface area contributed by atoms with Crippen molar-refractivity contribution in [2.75, 3.05) is 0 Å². The minimum Gasteiger partial charge on any atom is -0.346 e. The first-order valence-corrected chi connectivity index (χ1v) is 6.51. The van der Waals surface area contributed by atoms with Crippen LogP contribution in [0.25, 0.3) is 0 Å². The number of carbonyl (C=O) groups excluding carboxylic acids is 1. The zero-order valence-electron chi connectivity index (χ0n) is 11.9. The minimum absolute atomic E-state index is 0.0691. The number of rotatable bonds is 3. The van der Waals surface area contributed by atoms with Gasteiger partial charge in [0.2, 0.25) is 0 Å². The third-order valence-corrected chi connectivity index (χ3v) is 3.10. The van der Waals surface area contributed by atoms with E-state index in [1.807, 2.05) is 24.3 Å². The predicted octanol–water partition coefficient (Wildman–Crippen LogP) is 1.93. The van der Waals surface area contributed by atoms with Crippen LogP contribution in [0.15, 0.2) is 35.1 Å². The second kappa shape index (κ2) is 5.36. The first kappa shape index (κ1) is 14.1. The third-order valence-electron chi connectivity index (χ3n) is 3.10. The molecule has 1 heterocycles. The maximum atomic E-state index is 12.0. The van der Waals surface area contributed by atoms with E-state index in [9.17, 15) is 9.59 Å². The Morgan fingerprint density at radius 2 is 1.80 bits per heavy atom. The first-order chi connectivity index (χ1) is 9.36. The van der Waals surface area contributed by atoms with E-state index in [1.54, 1.807) is 0 Å². The molecular weight excluding hydrogens is 254 g/mol. The number of benzene rings is 1. The Bertz CT molecular complexity index is 645. The molecule has 1 amide bonds. The molecule has 1 aromatic heterocycles. The summed E-state index contributed by atoms with van der Waals surface area (Å²) < 4.78 is 0. The standard InChI is InChI=1S/C15H19N3O2/c1-15(2,3)11-6-4-10(5-7-11)14(20)16-9-12-8-13(19)18-17-12/h4-8H,9H2,1-3H3,(H,16,20)(H2,17,18,19). The molecule has 0 fully saturated rings. The summed E-state index contributed by atoms with van der Waals surface area (Å²) in [6, 6.07) is 8.98. The van der Waals surface area contributed by atoms with E-state index in [4.69, 9.17) is 0 Å². The molecule has 0 aliphatic heterocycles. The molecule has 106 valence electrons. The van der Waals surface area contributed by atoms with Crippen molar-refractivity contribution in [2.24, 2.45) is 0 Å². The van der Waals surface area contributed by atoms with Crippen LogP contribution < -0.4 is 10.9 Å². The fourth-order valence-electron chi connectivity index (χ4n) is 1.87. The van der Waals surface area contributed by atoms with Gasteiger partial charge in [0.05, 0.1) is 12.2 Å². The molecule has 0 unspecified atom stereocenters. The van der Waals surface area contributed by atoms with Gasteiger partial charge in [-0.05, 0) is 23.1 Å². The van der Waals surface area contributed by atoms with Crippen molar-refractivity contribution in [1.29, 1.82) is 0 Å². The number of aromatic nitrogens is 2. The molecule has 0 aliphatic rings. The van der Waals surface area contributed by atoms with Gasteiger partial charge in [0.15, 0.2) is 0 Å². The molecule has 2 rings (SSSR count). The van der Waals surface area contributed by atoms with Gasteiger partial charge in [-0.15, -0.1) is 0 Å². The van der Waals surface area contributed by atoms with Crippen molar-refractivity contribution in [3.8, 4) is 0 Å². The van der Waals surface area contributed by atoms with E-state index < -0.39 is 0 Å². The van der Waals surface area contributed by atoms with Gasteiger partial charge in [0, 0.05) is 11.6 Å². The molecule has 2 aromatic rings. The van der Waals surface area contributed by atoms with E-state index in [-0.39, 0.29) is 16.9 Å². The number of hydrogen-bond donors (Lipinski definition) is 3. The normalized spacial score (nSPS) is 11.3. The van der Waals surface area contributed by atoms with E-state index in [2.05, 4.69) is 36.3 Å². The summed E-state index contributed by atoms with van der Waals surface area (Å²) in [7, 11) is 0. The largest absolute Gasteiger partial charge is 0.346 e. The van der Waals surface area contributed by atoms with Gasteiger partial charge in [0.1, 0.15) is 0 Å². The van der Waals surface area contributed by atoms with Crippen LogP contribution in [0.4, 0.5) is 0 Å². The summed E-state index contributed by atoms with van der Waals surface area (Å²) in [5.41, 5.74) is 2.30. The lowest BCUT2D eigenvalue weighted by atomic mass is 9.87. The highest BCUT2D eigenvalue weighted by molar-refractivity contribution is 5.94. The van der Waals surface area contributed by atoms with Crippen LogP contribution in [-0.4, -0.2) is 16.1 Å². The Morgan fingerprint density at radius 3 is 2.30 bits per heavy atom. The van der Waals surface area contributed by atoms with Crippen LogP contribution >= 0.6 is 0 Å². The van der Waals surface area contributed by atoms with Gasteiger partial charge in [-0.1, -0.05) is 32.9 Å².